The summed E-state index contributed by atoms with van der Waals surface area (Å²) >= 11 is 0. The first kappa shape index (κ1) is 23.2. The standard InChI is InChI=1S/C21H28N6O5/c1-21(2,3)32-19(28)26-14-5-7-15(8-6-14)27(20(29)30)17-12-22-16(11-23-17)13-9-24-18(31-4)25-10-13/h9-12,14-15H,5-8H2,1-4H3,(H,26,28)(H,29,30)/t14-,15-. The summed E-state index contributed by atoms with van der Waals surface area (Å²) in [4.78, 5) is 41.9. The molecule has 0 atom stereocenters. The SMILES string of the molecule is COc1ncc(-c2cnc(N(C(=O)O)[C@H]3CC[C@H](NC(=O)OC(C)(C)C)CC3)cn2)cn1. The molecule has 32 heavy (non-hydrogen) atoms. The smallest absolute Gasteiger partial charge is 0.413 e. The number of rotatable bonds is 5. The van der Waals surface area contributed by atoms with Crippen LogP contribution in [0.4, 0.5) is 15.4 Å². The number of aromatic nitrogens is 4. The molecule has 1 aliphatic rings. The lowest BCUT2D eigenvalue weighted by molar-refractivity contribution is 0.0490. The van der Waals surface area contributed by atoms with Crippen LogP contribution in [0.25, 0.3) is 11.3 Å². The molecule has 1 saturated carbocycles. The van der Waals surface area contributed by atoms with Crippen LogP contribution < -0.4 is 15.0 Å². The summed E-state index contributed by atoms with van der Waals surface area (Å²) in [5.41, 5.74) is 0.594. The second-order valence-electron chi connectivity index (χ2n) is 8.52. The van der Waals surface area contributed by atoms with Crippen LogP contribution in [-0.2, 0) is 4.74 Å². The number of nitrogens with one attached hydrogen (secondary N) is 1. The van der Waals surface area contributed by atoms with Crippen molar-refractivity contribution in [3.63, 3.8) is 0 Å². The third-order valence-electron chi connectivity index (χ3n) is 4.98. The van der Waals surface area contributed by atoms with E-state index < -0.39 is 17.8 Å². The Labute approximate surface area is 186 Å². The molecule has 11 nitrogen and oxygen atoms in total. The molecular weight excluding hydrogens is 416 g/mol. The molecule has 1 aliphatic carbocycles. The van der Waals surface area contributed by atoms with E-state index in [1.165, 1.54) is 24.4 Å². The van der Waals surface area contributed by atoms with Crippen molar-refractivity contribution in [3.8, 4) is 17.3 Å². The van der Waals surface area contributed by atoms with E-state index in [-0.39, 0.29) is 23.9 Å². The number of carboxylic acid groups (broad SMARTS) is 1. The van der Waals surface area contributed by atoms with Gasteiger partial charge in [-0.3, -0.25) is 9.88 Å². The van der Waals surface area contributed by atoms with Gasteiger partial charge in [0.1, 0.15) is 5.60 Å². The molecule has 0 bridgehead atoms. The highest BCUT2D eigenvalue weighted by Gasteiger charge is 2.32. The van der Waals surface area contributed by atoms with Gasteiger partial charge in [0.25, 0.3) is 0 Å². The Morgan fingerprint density at radius 3 is 2.19 bits per heavy atom. The van der Waals surface area contributed by atoms with Crippen molar-refractivity contribution in [3.05, 3.63) is 24.8 Å². The van der Waals surface area contributed by atoms with E-state index in [0.717, 1.165) is 0 Å². The summed E-state index contributed by atoms with van der Waals surface area (Å²) < 4.78 is 10.2. The van der Waals surface area contributed by atoms with E-state index in [2.05, 4.69) is 25.3 Å². The molecule has 0 radical (unpaired) electrons. The third-order valence-corrected chi connectivity index (χ3v) is 4.98. The molecule has 0 aromatic carbocycles. The fraction of sp³-hybridized carbons (Fsp3) is 0.524. The van der Waals surface area contributed by atoms with Gasteiger partial charge >= 0.3 is 18.2 Å². The minimum atomic E-state index is -1.09. The topological polar surface area (TPSA) is 140 Å². The molecular formula is C21H28N6O5. The van der Waals surface area contributed by atoms with Crippen molar-refractivity contribution in [2.45, 2.75) is 64.1 Å². The molecule has 0 aliphatic heterocycles. The molecule has 2 amide bonds. The number of alkyl carbamates (subject to hydrolysis) is 1. The van der Waals surface area contributed by atoms with Crippen molar-refractivity contribution in [1.82, 2.24) is 25.3 Å². The molecule has 0 spiro atoms. The molecule has 1 fully saturated rings. The van der Waals surface area contributed by atoms with Crippen LogP contribution in [0.3, 0.4) is 0 Å². The molecule has 11 heteroatoms. The zero-order valence-corrected chi connectivity index (χ0v) is 18.6. The summed E-state index contributed by atoms with van der Waals surface area (Å²) in [5.74, 6) is 0.249. The van der Waals surface area contributed by atoms with Gasteiger partial charge in [-0.05, 0) is 46.5 Å². The highest BCUT2D eigenvalue weighted by atomic mass is 16.6. The normalized spacial score (nSPS) is 18.5. The van der Waals surface area contributed by atoms with Crippen molar-refractivity contribution >= 4 is 18.0 Å². The number of anilines is 1. The van der Waals surface area contributed by atoms with Gasteiger partial charge in [-0.25, -0.2) is 24.5 Å². The summed E-state index contributed by atoms with van der Waals surface area (Å²) in [6.45, 7) is 5.42. The minimum Gasteiger partial charge on any atom is -0.467 e. The van der Waals surface area contributed by atoms with Gasteiger partial charge < -0.3 is 19.9 Å². The van der Waals surface area contributed by atoms with Gasteiger partial charge in [0.05, 0.1) is 25.2 Å². The van der Waals surface area contributed by atoms with Crippen LogP contribution in [-0.4, -0.2) is 62.0 Å². The number of methoxy groups -OCH3 is 1. The third kappa shape index (κ3) is 6.02. The lowest BCUT2D eigenvalue weighted by atomic mass is 9.90. The van der Waals surface area contributed by atoms with E-state index in [4.69, 9.17) is 9.47 Å². The molecule has 2 N–H and O–H groups in total. The number of hydrogen-bond donors (Lipinski definition) is 2. The van der Waals surface area contributed by atoms with Gasteiger partial charge in [0, 0.05) is 30.0 Å². The first-order valence-corrected chi connectivity index (χ1v) is 10.4. The van der Waals surface area contributed by atoms with Crippen molar-refractivity contribution in [2.75, 3.05) is 12.0 Å². The van der Waals surface area contributed by atoms with Crippen molar-refractivity contribution < 1.29 is 24.2 Å². The first-order chi connectivity index (χ1) is 15.2. The Hall–Kier alpha value is -3.50. The van der Waals surface area contributed by atoms with Gasteiger partial charge in [-0.1, -0.05) is 0 Å². The number of nitrogens with zero attached hydrogens (tertiary/aromatic N) is 5. The number of ether oxygens (including phenoxy) is 2. The Morgan fingerprint density at radius 2 is 1.69 bits per heavy atom. The molecule has 2 aromatic rings. The fourth-order valence-corrected chi connectivity index (χ4v) is 3.54. The highest BCUT2D eigenvalue weighted by Crippen LogP contribution is 2.27. The number of carbonyl (C=O) groups excluding carboxylic acids is 1. The average Bonchev–Trinajstić information content (AvgIpc) is 2.74. The maximum absolute atomic E-state index is 12.0. The predicted octanol–water partition coefficient (Wildman–Crippen LogP) is 3.26. The van der Waals surface area contributed by atoms with E-state index in [0.29, 0.717) is 36.9 Å². The molecule has 0 unspecified atom stereocenters. The van der Waals surface area contributed by atoms with E-state index in [1.807, 2.05) is 20.8 Å². The summed E-state index contributed by atoms with van der Waals surface area (Å²) in [6, 6.07) is -0.0684. The zero-order valence-electron chi connectivity index (χ0n) is 18.6. The number of carbonyl (C=O) groups is 2. The summed E-state index contributed by atoms with van der Waals surface area (Å²) in [6.07, 6.45) is 6.94. The van der Waals surface area contributed by atoms with Gasteiger partial charge in [-0.15, -0.1) is 0 Å². The highest BCUT2D eigenvalue weighted by molar-refractivity contribution is 5.85. The van der Waals surface area contributed by atoms with Crippen LogP contribution >= 0.6 is 0 Å². The lowest BCUT2D eigenvalue weighted by Gasteiger charge is -2.35. The second kappa shape index (κ2) is 9.75. The zero-order chi connectivity index (χ0) is 23.3. The molecule has 172 valence electrons. The quantitative estimate of drug-likeness (QED) is 0.711. The summed E-state index contributed by atoms with van der Waals surface area (Å²) in [5, 5.41) is 12.7. The molecule has 3 rings (SSSR count). The maximum Gasteiger partial charge on any atom is 0.413 e. The second-order valence-corrected chi connectivity index (χ2v) is 8.52. The molecule has 0 saturated heterocycles. The van der Waals surface area contributed by atoms with Crippen molar-refractivity contribution in [2.24, 2.45) is 0 Å². The van der Waals surface area contributed by atoms with Crippen LogP contribution in [0.5, 0.6) is 6.01 Å². The van der Waals surface area contributed by atoms with Crippen LogP contribution in [0.1, 0.15) is 46.5 Å². The minimum absolute atomic E-state index is 0.0553. The number of hydrogen-bond acceptors (Lipinski definition) is 8. The number of amides is 2. The van der Waals surface area contributed by atoms with Crippen LogP contribution in [0.15, 0.2) is 24.8 Å². The monoisotopic (exact) mass is 444 g/mol. The fourth-order valence-electron chi connectivity index (χ4n) is 3.54. The largest absolute Gasteiger partial charge is 0.467 e. The summed E-state index contributed by atoms with van der Waals surface area (Å²) in [7, 11) is 1.48. The Balaban J connectivity index is 1.63. The van der Waals surface area contributed by atoms with Crippen LogP contribution in [0, 0.1) is 0 Å². The Kier molecular flexibility index (Phi) is 7.06. The molecule has 2 aromatic heterocycles. The van der Waals surface area contributed by atoms with Crippen LogP contribution in [0.2, 0.25) is 0 Å². The lowest BCUT2D eigenvalue weighted by Crippen LogP contribution is -2.47. The molecule has 2 heterocycles. The Bertz CT molecular complexity index is 921. The Morgan fingerprint density at radius 1 is 1.03 bits per heavy atom. The van der Waals surface area contributed by atoms with Gasteiger partial charge in [0.2, 0.25) is 0 Å². The van der Waals surface area contributed by atoms with Gasteiger partial charge in [-0.2, -0.15) is 0 Å². The predicted molar refractivity (Wildman–Crippen MR) is 116 cm³/mol. The van der Waals surface area contributed by atoms with Gasteiger partial charge in [0.15, 0.2) is 5.82 Å². The van der Waals surface area contributed by atoms with E-state index in [9.17, 15) is 14.7 Å². The van der Waals surface area contributed by atoms with E-state index in [1.54, 1.807) is 12.4 Å². The maximum atomic E-state index is 12.0. The average molecular weight is 444 g/mol. The first-order valence-electron chi connectivity index (χ1n) is 10.4. The van der Waals surface area contributed by atoms with Crippen molar-refractivity contribution in [1.29, 1.82) is 0 Å². The van der Waals surface area contributed by atoms with E-state index >= 15 is 0 Å².